The van der Waals surface area contributed by atoms with Crippen molar-refractivity contribution in [3.05, 3.63) is 41.2 Å². The second-order valence-electron chi connectivity index (χ2n) is 4.97. The summed E-state index contributed by atoms with van der Waals surface area (Å²) in [6, 6.07) is 4.58. The van der Waals surface area contributed by atoms with E-state index in [0.29, 0.717) is 12.4 Å². The van der Waals surface area contributed by atoms with Crippen molar-refractivity contribution in [3.63, 3.8) is 0 Å². The topological polar surface area (TPSA) is 52.0 Å². The fraction of sp³-hybridized carbons (Fsp3) is 0.467. The lowest BCUT2D eigenvalue weighted by Gasteiger charge is -2.17. The average molecular weight is 292 g/mol. The molecular formula is C15H21FN4O. The molecule has 0 bridgehead atoms. The molecule has 0 aliphatic heterocycles. The summed E-state index contributed by atoms with van der Waals surface area (Å²) < 4.78 is 21.2. The van der Waals surface area contributed by atoms with E-state index in [2.05, 4.69) is 15.5 Å². The van der Waals surface area contributed by atoms with E-state index in [-0.39, 0.29) is 11.9 Å². The summed E-state index contributed by atoms with van der Waals surface area (Å²) in [7, 11) is 1.89. The molecule has 6 heteroatoms. The van der Waals surface area contributed by atoms with Crippen molar-refractivity contribution in [2.45, 2.75) is 33.4 Å². The normalized spacial score (nSPS) is 12.4. The first-order chi connectivity index (χ1) is 10.0. The Morgan fingerprint density at radius 1 is 1.38 bits per heavy atom. The van der Waals surface area contributed by atoms with Gasteiger partial charge in [-0.3, -0.25) is 0 Å². The largest absolute Gasteiger partial charge is 0.485 e. The molecule has 0 saturated heterocycles. The molecule has 0 spiro atoms. The molecule has 0 aliphatic rings. The first kappa shape index (κ1) is 15.4. The summed E-state index contributed by atoms with van der Waals surface area (Å²) in [5.74, 6) is 1.95. The Kier molecular flexibility index (Phi) is 4.90. The van der Waals surface area contributed by atoms with Crippen LogP contribution in [-0.4, -0.2) is 21.3 Å². The highest BCUT2D eigenvalue weighted by molar-refractivity contribution is 5.36. The van der Waals surface area contributed by atoms with E-state index in [4.69, 9.17) is 4.74 Å². The molecule has 2 aromatic rings. The van der Waals surface area contributed by atoms with Gasteiger partial charge in [0.25, 0.3) is 0 Å². The average Bonchev–Trinajstić information content (AvgIpc) is 2.78. The molecule has 0 saturated carbocycles. The summed E-state index contributed by atoms with van der Waals surface area (Å²) in [5.41, 5.74) is 0.802. The van der Waals surface area contributed by atoms with Crippen LogP contribution < -0.4 is 10.1 Å². The van der Waals surface area contributed by atoms with Crippen molar-refractivity contribution >= 4 is 0 Å². The molecule has 2 rings (SSSR count). The molecule has 1 heterocycles. The Hall–Kier alpha value is -1.95. The van der Waals surface area contributed by atoms with Gasteiger partial charge in [-0.05, 0) is 38.6 Å². The third kappa shape index (κ3) is 3.58. The predicted octanol–water partition coefficient (Wildman–Crippen LogP) is 2.51. The van der Waals surface area contributed by atoms with Crippen molar-refractivity contribution in [1.29, 1.82) is 0 Å². The Bertz CT molecular complexity index is 612. The van der Waals surface area contributed by atoms with Gasteiger partial charge in [0.05, 0.1) is 0 Å². The number of benzene rings is 1. The van der Waals surface area contributed by atoms with E-state index in [1.165, 1.54) is 12.1 Å². The minimum absolute atomic E-state index is 0.0157. The molecule has 114 valence electrons. The fourth-order valence-electron chi connectivity index (χ4n) is 2.12. The molecular weight excluding hydrogens is 271 g/mol. The van der Waals surface area contributed by atoms with Gasteiger partial charge in [-0.25, -0.2) is 4.39 Å². The van der Waals surface area contributed by atoms with Gasteiger partial charge >= 0.3 is 0 Å². The zero-order valence-electron chi connectivity index (χ0n) is 12.9. The number of rotatable bonds is 6. The molecule has 21 heavy (non-hydrogen) atoms. The summed E-state index contributed by atoms with van der Waals surface area (Å²) in [6.07, 6.45) is 0. The maximum absolute atomic E-state index is 13.5. The Morgan fingerprint density at radius 2 is 2.14 bits per heavy atom. The molecule has 0 fully saturated rings. The van der Waals surface area contributed by atoms with Gasteiger partial charge in [0.1, 0.15) is 24.0 Å². The Labute approximate surface area is 124 Å². The van der Waals surface area contributed by atoms with Gasteiger partial charge in [0.15, 0.2) is 5.82 Å². The first-order valence-electron chi connectivity index (χ1n) is 7.03. The minimum atomic E-state index is -0.267. The van der Waals surface area contributed by atoms with Crippen molar-refractivity contribution in [1.82, 2.24) is 20.1 Å². The molecule has 0 aliphatic carbocycles. The van der Waals surface area contributed by atoms with Crippen molar-refractivity contribution in [3.8, 4) is 5.75 Å². The molecule has 5 nitrogen and oxygen atoms in total. The van der Waals surface area contributed by atoms with E-state index in [9.17, 15) is 4.39 Å². The van der Waals surface area contributed by atoms with Crippen LogP contribution in [0.1, 0.15) is 37.1 Å². The molecule has 1 N–H and O–H groups in total. The molecule has 0 amide bonds. The van der Waals surface area contributed by atoms with Crippen LogP contribution in [0, 0.1) is 12.7 Å². The Morgan fingerprint density at radius 3 is 2.76 bits per heavy atom. The van der Waals surface area contributed by atoms with Crippen LogP contribution in [0.3, 0.4) is 0 Å². The Balaban J connectivity index is 2.17. The van der Waals surface area contributed by atoms with Gasteiger partial charge in [-0.2, -0.15) is 0 Å². The lowest BCUT2D eigenvalue weighted by Crippen LogP contribution is -2.19. The highest BCUT2D eigenvalue weighted by Gasteiger charge is 2.13. The summed E-state index contributed by atoms with van der Waals surface area (Å²) in [5, 5.41) is 11.3. The molecule has 1 aromatic carbocycles. The lowest BCUT2D eigenvalue weighted by atomic mass is 10.1. The van der Waals surface area contributed by atoms with Crippen LogP contribution in [-0.2, 0) is 13.7 Å². The zero-order valence-corrected chi connectivity index (χ0v) is 12.9. The monoisotopic (exact) mass is 292 g/mol. The van der Waals surface area contributed by atoms with Gasteiger partial charge in [0.2, 0.25) is 0 Å². The van der Waals surface area contributed by atoms with Gasteiger partial charge < -0.3 is 14.6 Å². The van der Waals surface area contributed by atoms with Gasteiger partial charge in [-0.15, -0.1) is 10.2 Å². The second-order valence-corrected chi connectivity index (χ2v) is 4.97. The number of nitrogens with zero attached hydrogens (tertiary/aromatic N) is 3. The molecule has 0 radical (unpaired) electrons. The minimum Gasteiger partial charge on any atom is -0.485 e. The summed E-state index contributed by atoms with van der Waals surface area (Å²) in [6.45, 7) is 6.98. The third-order valence-corrected chi connectivity index (χ3v) is 3.49. The number of aromatic nitrogens is 3. The fourth-order valence-corrected chi connectivity index (χ4v) is 2.12. The molecule has 1 aromatic heterocycles. The summed E-state index contributed by atoms with van der Waals surface area (Å²) in [4.78, 5) is 0. The number of nitrogens with one attached hydrogen (secondary N) is 1. The van der Waals surface area contributed by atoms with Gasteiger partial charge in [-0.1, -0.05) is 6.92 Å². The quantitative estimate of drug-likeness (QED) is 0.889. The highest BCUT2D eigenvalue weighted by Crippen LogP contribution is 2.26. The third-order valence-electron chi connectivity index (χ3n) is 3.49. The highest BCUT2D eigenvalue weighted by atomic mass is 19.1. The van der Waals surface area contributed by atoms with E-state index >= 15 is 0 Å². The first-order valence-corrected chi connectivity index (χ1v) is 7.03. The number of hydrogen-bond acceptors (Lipinski definition) is 4. The smallest absolute Gasteiger partial charge is 0.170 e. The van der Waals surface area contributed by atoms with E-state index < -0.39 is 0 Å². The van der Waals surface area contributed by atoms with Crippen molar-refractivity contribution < 1.29 is 9.13 Å². The SMILES string of the molecule is CCNC(C)c1cc(F)ccc1OCc1nnc(C)n1C. The maximum Gasteiger partial charge on any atom is 0.170 e. The van der Waals surface area contributed by atoms with E-state index in [0.717, 1.165) is 23.8 Å². The summed E-state index contributed by atoms with van der Waals surface area (Å²) >= 11 is 0. The van der Waals surface area contributed by atoms with E-state index in [1.807, 2.05) is 32.4 Å². The van der Waals surface area contributed by atoms with Crippen LogP contribution in [0.4, 0.5) is 4.39 Å². The lowest BCUT2D eigenvalue weighted by molar-refractivity contribution is 0.285. The predicted molar refractivity (Wildman–Crippen MR) is 78.6 cm³/mol. The second kappa shape index (κ2) is 6.67. The van der Waals surface area contributed by atoms with Crippen LogP contribution in [0.25, 0.3) is 0 Å². The van der Waals surface area contributed by atoms with Crippen LogP contribution >= 0.6 is 0 Å². The molecule has 1 unspecified atom stereocenters. The number of hydrogen-bond donors (Lipinski definition) is 1. The van der Waals surface area contributed by atoms with Gasteiger partial charge in [0, 0.05) is 18.7 Å². The van der Waals surface area contributed by atoms with Crippen LogP contribution in [0.15, 0.2) is 18.2 Å². The zero-order chi connectivity index (χ0) is 15.4. The van der Waals surface area contributed by atoms with Crippen LogP contribution in [0.2, 0.25) is 0 Å². The maximum atomic E-state index is 13.5. The van der Waals surface area contributed by atoms with Crippen LogP contribution in [0.5, 0.6) is 5.75 Å². The standard InChI is InChI=1S/C15H21FN4O/c1-5-17-10(2)13-8-12(16)6-7-14(13)21-9-15-19-18-11(3)20(15)4/h6-8,10,17H,5,9H2,1-4H3. The van der Waals surface area contributed by atoms with E-state index in [1.54, 1.807) is 6.07 Å². The van der Waals surface area contributed by atoms with Crippen molar-refractivity contribution in [2.24, 2.45) is 7.05 Å². The number of ether oxygens (including phenoxy) is 1. The molecule has 1 atom stereocenters. The number of aryl methyl sites for hydroxylation is 1. The van der Waals surface area contributed by atoms with Crippen molar-refractivity contribution in [2.75, 3.05) is 6.54 Å². The number of halogens is 1.